The highest BCUT2D eigenvalue weighted by atomic mass is 35.5. The first kappa shape index (κ1) is 12.5. The van der Waals surface area contributed by atoms with E-state index in [1.807, 2.05) is 36.4 Å². The second-order valence-electron chi connectivity index (χ2n) is 4.22. The molecule has 0 saturated heterocycles. The largest absolute Gasteiger partial charge is 0.498 e. The molecule has 0 aromatic heterocycles. The van der Waals surface area contributed by atoms with E-state index in [1.54, 1.807) is 0 Å². The van der Waals surface area contributed by atoms with Crippen LogP contribution in [0.25, 0.3) is 0 Å². The molecule has 4 heteroatoms. The number of allylic oxidation sites excluding steroid dienone is 2. The Morgan fingerprint density at radius 2 is 1.78 bits per heavy atom. The summed E-state index contributed by atoms with van der Waals surface area (Å²) < 4.78 is 5.31. The number of halogens is 1. The van der Waals surface area contributed by atoms with Gasteiger partial charge in [0.2, 0.25) is 0 Å². The van der Waals surface area contributed by atoms with Gasteiger partial charge in [0.25, 0.3) is 0 Å². The van der Waals surface area contributed by atoms with Crippen LogP contribution in [0.4, 0.5) is 0 Å². The number of nitrogens with zero attached hydrogens (tertiary/aromatic N) is 2. The number of methoxy groups -OCH3 is 1. The maximum Gasteiger partial charge on any atom is 0.168 e. The summed E-state index contributed by atoms with van der Waals surface area (Å²) in [5.74, 6) is 0.467. The predicted molar refractivity (Wildman–Crippen MR) is 67.6 cm³/mol. The van der Waals surface area contributed by atoms with Crippen LogP contribution in [0.15, 0.2) is 35.6 Å². The smallest absolute Gasteiger partial charge is 0.168 e. The standard InChI is InChI=1S/C14H11ClN2O/c1-18-13(10(8-16)9-17)14(6-7-14)11-2-4-12(15)5-3-11/h2-5H,6-7H2,1H3. The van der Waals surface area contributed by atoms with Crippen molar-refractivity contribution in [3.8, 4) is 12.1 Å². The Bertz CT molecular complexity index is 555. The van der Waals surface area contributed by atoms with E-state index >= 15 is 0 Å². The Kier molecular flexibility index (Phi) is 3.28. The fourth-order valence-corrected chi connectivity index (χ4v) is 2.33. The minimum Gasteiger partial charge on any atom is -0.498 e. The molecule has 1 aromatic rings. The molecule has 1 aliphatic rings. The minimum atomic E-state index is -0.319. The monoisotopic (exact) mass is 258 g/mol. The fraction of sp³-hybridized carbons (Fsp3) is 0.286. The Labute approximate surface area is 111 Å². The Hall–Kier alpha value is -1.97. The minimum absolute atomic E-state index is 0.0463. The highest BCUT2D eigenvalue weighted by molar-refractivity contribution is 6.30. The number of hydrogen-bond donors (Lipinski definition) is 0. The number of benzene rings is 1. The summed E-state index contributed by atoms with van der Waals surface area (Å²) in [4.78, 5) is 0. The van der Waals surface area contributed by atoms with Crippen molar-refractivity contribution in [2.24, 2.45) is 0 Å². The molecule has 3 nitrogen and oxygen atoms in total. The summed E-state index contributed by atoms with van der Waals surface area (Å²) in [5.41, 5.74) is 0.761. The first-order chi connectivity index (χ1) is 8.67. The molecule has 1 aromatic carbocycles. The zero-order valence-corrected chi connectivity index (χ0v) is 10.7. The molecule has 0 radical (unpaired) electrons. The third-order valence-corrected chi connectivity index (χ3v) is 3.49. The van der Waals surface area contributed by atoms with Gasteiger partial charge >= 0.3 is 0 Å². The first-order valence-electron chi connectivity index (χ1n) is 5.53. The van der Waals surface area contributed by atoms with Gasteiger partial charge in [-0.2, -0.15) is 10.5 Å². The summed E-state index contributed by atoms with van der Waals surface area (Å²) in [6.07, 6.45) is 1.76. The van der Waals surface area contributed by atoms with Gasteiger partial charge in [-0.1, -0.05) is 23.7 Å². The van der Waals surface area contributed by atoms with Crippen LogP contribution < -0.4 is 0 Å². The van der Waals surface area contributed by atoms with Crippen molar-refractivity contribution in [1.82, 2.24) is 0 Å². The number of rotatable bonds is 3. The van der Waals surface area contributed by atoms with Gasteiger partial charge in [0, 0.05) is 5.02 Å². The molecule has 0 heterocycles. The van der Waals surface area contributed by atoms with E-state index in [2.05, 4.69) is 0 Å². The second-order valence-corrected chi connectivity index (χ2v) is 4.66. The van der Waals surface area contributed by atoms with Gasteiger partial charge in [-0.15, -0.1) is 0 Å². The second kappa shape index (κ2) is 4.72. The quantitative estimate of drug-likeness (QED) is 0.617. The third-order valence-electron chi connectivity index (χ3n) is 3.24. The van der Waals surface area contributed by atoms with Crippen LogP contribution in [0, 0.1) is 22.7 Å². The third kappa shape index (κ3) is 1.94. The van der Waals surface area contributed by atoms with Crippen LogP contribution in [0.5, 0.6) is 0 Å². The van der Waals surface area contributed by atoms with Crippen LogP contribution in [0.3, 0.4) is 0 Å². The van der Waals surface area contributed by atoms with Crippen molar-refractivity contribution in [2.45, 2.75) is 18.3 Å². The van der Waals surface area contributed by atoms with Crippen molar-refractivity contribution in [3.05, 3.63) is 46.2 Å². The molecule has 0 unspecified atom stereocenters. The molecule has 18 heavy (non-hydrogen) atoms. The number of nitriles is 2. The van der Waals surface area contributed by atoms with E-state index in [0.29, 0.717) is 10.8 Å². The molecule has 0 atom stereocenters. The molecule has 0 N–H and O–H groups in total. The molecule has 0 aliphatic heterocycles. The van der Waals surface area contributed by atoms with Crippen molar-refractivity contribution in [2.75, 3.05) is 7.11 Å². The van der Waals surface area contributed by atoms with E-state index in [1.165, 1.54) is 7.11 Å². The highest BCUT2D eigenvalue weighted by Crippen LogP contribution is 2.54. The number of ether oxygens (including phenoxy) is 1. The summed E-state index contributed by atoms with van der Waals surface area (Å²) in [6, 6.07) is 11.2. The van der Waals surface area contributed by atoms with Crippen molar-refractivity contribution >= 4 is 11.6 Å². The average molecular weight is 259 g/mol. The maximum atomic E-state index is 8.98. The maximum absolute atomic E-state index is 8.98. The zero-order valence-electron chi connectivity index (χ0n) is 9.90. The van der Waals surface area contributed by atoms with E-state index in [4.69, 9.17) is 26.9 Å². The summed E-state index contributed by atoms with van der Waals surface area (Å²) in [6.45, 7) is 0. The molecule has 0 bridgehead atoms. The predicted octanol–water partition coefficient (Wildman–Crippen LogP) is 3.32. The van der Waals surface area contributed by atoms with Gasteiger partial charge in [0.05, 0.1) is 12.5 Å². The normalized spacial score (nSPS) is 15.1. The average Bonchev–Trinajstić information content (AvgIpc) is 3.18. The lowest BCUT2D eigenvalue weighted by atomic mass is 9.91. The summed E-state index contributed by atoms with van der Waals surface area (Å²) in [7, 11) is 1.50. The van der Waals surface area contributed by atoms with Gasteiger partial charge in [0.1, 0.15) is 17.9 Å². The van der Waals surface area contributed by atoms with Gasteiger partial charge in [-0.05, 0) is 30.5 Å². The van der Waals surface area contributed by atoms with Crippen LogP contribution in [0.2, 0.25) is 5.02 Å². The van der Waals surface area contributed by atoms with Crippen LogP contribution in [-0.4, -0.2) is 7.11 Å². The molecule has 2 rings (SSSR count). The van der Waals surface area contributed by atoms with Crippen molar-refractivity contribution in [1.29, 1.82) is 10.5 Å². The van der Waals surface area contributed by atoms with E-state index in [9.17, 15) is 0 Å². The van der Waals surface area contributed by atoms with Gasteiger partial charge in [0.15, 0.2) is 5.57 Å². The van der Waals surface area contributed by atoms with Crippen LogP contribution in [0.1, 0.15) is 18.4 Å². The lowest BCUT2D eigenvalue weighted by molar-refractivity contribution is 0.256. The molecule has 1 aliphatic carbocycles. The van der Waals surface area contributed by atoms with Crippen LogP contribution in [-0.2, 0) is 10.2 Å². The molecule has 0 spiro atoms. The van der Waals surface area contributed by atoms with E-state index in [0.717, 1.165) is 18.4 Å². The van der Waals surface area contributed by atoms with Gasteiger partial charge in [-0.25, -0.2) is 0 Å². The Morgan fingerprint density at radius 3 is 2.17 bits per heavy atom. The highest BCUT2D eigenvalue weighted by Gasteiger charge is 2.50. The Balaban J connectivity index is 2.50. The molecule has 0 amide bonds. The van der Waals surface area contributed by atoms with Gasteiger partial charge < -0.3 is 4.74 Å². The van der Waals surface area contributed by atoms with E-state index in [-0.39, 0.29) is 11.0 Å². The molecular formula is C14H11ClN2O. The summed E-state index contributed by atoms with van der Waals surface area (Å²) >= 11 is 5.86. The lowest BCUT2D eigenvalue weighted by Gasteiger charge is -2.18. The van der Waals surface area contributed by atoms with Crippen molar-refractivity contribution in [3.63, 3.8) is 0 Å². The van der Waals surface area contributed by atoms with Crippen molar-refractivity contribution < 1.29 is 4.74 Å². The molecule has 1 saturated carbocycles. The van der Waals surface area contributed by atoms with E-state index < -0.39 is 0 Å². The SMILES string of the molecule is COC(=C(C#N)C#N)C1(c2ccc(Cl)cc2)CC1. The lowest BCUT2D eigenvalue weighted by Crippen LogP contribution is -2.14. The molecule has 90 valence electrons. The molecule has 1 fully saturated rings. The fourth-order valence-electron chi connectivity index (χ4n) is 2.20. The van der Waals surface area contributed by atoms with Crippen LogP contribution >= 0.6 is 11.6 Å². The summed E-state index contributed by atoms with van der Waals surface area (Å²) in [5, 5.41) is 18.6. The van der Waals surface area contributed by atoms with Gasteiger partial charge in [-0.3, -0.25) is 0 Å². The molecular weight excluding hydrogens is 248 g/mol. The topological polar surface area (TPSA) is 56.8 Å². The first-order valence-corrected chi connectivity index (χ1v) is 5.91. The Morgan fingerprint density at radius 1 is 1.22 bits per heavy atom. The number of hydrogen-bond acceptors (Lipinski definition) is 3. The zero-order chi connectivity index (χ0) is 13.2.